The Kier molecular flexibility index (Phi) is 3.75. The number of aryl methyl sites for hydroxylation is 1. The summed E-state index contributed by atoms with van der Waals surface area (Å²) >= 11 is 0. The minimum absolute atomic E-state index is 0.00191. The average Bonchev–Trinajstić information content (AvgIpc) is 2.82. The van der Waals surface area contributed by atoms with Crippen LogP contribution in [0.2, 0.25) is 0 Å². The molecule has 0 atom stereocenters. The number of nitrogens with zero attached hydrogens (tertiary/aromatic N) is 1. The van der Waals surface area contributed by atoms with Crippen LogP contribution in [0.3, 0.4) is 0 Å². The number of nitrogens with two attached hydrogens (primary N) is 1. The van der Waals surface area contributed by atoms with E-state index < -0.39 is 0 Å². The van der Waals surface area contributed by atoms with Crippen LogP contribution in [0.4, 0.5) is 5.82 Å². The lowest BCUT2D eigenvalue weighted by atomic mass is 9.82. The largest absolute Gasteiger partial charge is 0.496 e. The number of aromatic amines is 1. The highest BCUT2D eigenvalue weighted by molar-refractivity contribution is 5.78. The van der Waals surface area contributed by atoms with Gasteiger partial charge in [0, 0.05) is 11.0 Å². The van der Waals surface area contributed by atoms with Gasteiger partial charge in [0.05, 0.1) is 12.8 Å². The number of nitrogens with one attached hydrogen (secondary N) is 1. The van der Waals surface area contributed by atoms with Crippen LogP contribution in [0.25, 0.3) is 11.1 Å². The summed E-state index contributed by atoms with van der Waals surface area (Å²) in [6, 6.07) is 6.13. The zero-order valence-corrected chi connectivity index (χ0v) is 12.9. The van der Waals surface area contributed by atoms with Gasteiger partial charge in [-0.05, 0) is 30.5 Å². The summed E-state index contributed by atoms with van der Waals surface area (Å²) in [5.74, 6) is 1.40. The van der Waals surface area contributed by atoms with E-state index in [1.165, 1.54) is 0 Å². The van der Waals surface area contributed by atoms with Crippen molar-refractivity contribution in [3.8, 4) is 16.9 Å². The number of hydrogen-bond acceptors (Lipinski definition) is 3. The second-order valence-corrected chi connectivity index (χ2v) is 5.78. The maximum Gasteiger partial charge on any atom is 0.153 e. The fourth-order valence-corrected chi connectivity index (χ4v) is 2.29. The number of hydrogen-bond donors (Lipinski definition) is 2. The molecular formula is C16H23N3O. The molecule has 4 heteroatoms. The molecule has 0 unspecified atom stereocenters. The average molecular weight is 273 g/mol. The molecule has 2 rings (SSSR count). The SMILES string of the molecule is CCC(C)(C)c1[nH]nc(N)c1-c1ccc(C)c(OC)c1. The lowest BCUT2D eigenvalue weighted by molar-refractivity contribution is 0.412. The van der Waals surface area contributed by atoms with Crippen molar-refractivity contribution >= 4 is 5.82 Å². The Morgan fingerprint density at radius 2 is 2.05 bits per heavy atom. The zero-order valence-electron chi connectivity index (χ0n) is 12.9. The summed E-state index contributed by atoms with van der Waals surface area (Å²) in [5.41, 5.74) is 10.3. The van der Waals surface area contributed by atoms with Gasteiger partial charge in [0.1, 0.15) is 5.75 Å². The summed E-state index contributed by atoms with van der Waals surface area (Å²) in [7, 11) is 1.68. The van der Waals surface area contributed by atoms with E-state index in [1.807, 2.05) is 19.1 Å². The number of methoxy groups -OCH3 is 1. The van der Waals surface area contributed by atoms with E-state index in [0.29, 0.717) is 5.82 Å². The third-order valence-corrected chi connectivity index (χ3v) is 4.05. The first-order valence-electron chi connectivity index (χ1n) is 6.90. The van der Waals surface area contributed by atoms with Gasteiger partial charge in [-0.25, -0.2) is 0 Å². The van der Waals surface area contributed by atoms with Crippen molar-refractivity contribution in [1.82, 2.24) is 10.2 Å². The van der Waals surface area contributed by atoms with Gasteiger partial charge in [0.2, 0.25) is 0 Å². The maximum absolute atomic E-state index is 6.07. The van der Waals surface area contributed by atoms with Crippen LogP contribution in [-0.2, 0) is 5.41 Å². The van der Waals surface area contributed by atoms with Crippen molar-refractivity contribution in [2.24, 2.45) is 0 Å². The van der Waals surface area contributed by atoms with Gasteiger partial charge >= 0.3 is 0 Å². The molecule has 0 aliphatic heterocycles. The van der Waals surface area contributed by atoms with Crippen molar-refractivity contribution in [3.05, 3.63) is 29.5 Å². The molecule has 1 aromatic heterocycles. The smallest absolute Gasteiger partial charge is 0.153 e. The highest BCUT2D eigenvalue weighted by Gasteiger charge is 2.26. The third kappa shape index (κ3) is 2.38. The molecule has 4 nitrogen and oxygen atoms in total. The number of aromatic nitrogens is 2. The molecule has 0 bridgehead atoms. The summed E-state index contributed by atoms with van der Waals surface area (Å²) in [4.78, 5) is 0. The Bertz CT molecular complexity index is 614. The van der Waals surface area contributed by atoms with E-state index in [-0.39, 0.29) is 5.41 Å². The van der Waals surface area contributed by atoms with Gasteiger partial charge in [-0.2, -0.15) is 5.10 Å². The number of rotatable bonds is 4. The lowest BCUT2D eigenvalue weighted by Gasteiger charge is -2.23. The monoisotopic (exact) mass is 273 g/mol. The predicted molar refractivity (Wildman–Crippen MR) is 83.0 cm³/mol. The van der Waals surface area contributed by atoms with Crippen LogP contribution in [0.1, 0.15) is 38.4 Å². The Morgan fingerprint density at radius 3 is 2.65 bits per heavy atom. The summed E-state index contributed by atoms with van der Waals surface area (Å²) < 4.78 is 5.40. The molecule has 3 N–H and O–H groups in total. The number of H-pyrrole nitrogens is 1. The van der Waals surface area contributed by atoms with Crippen LogP contribution in [0, 0.1) is 6.92 Å². The fourth-order valence-electron chi connectivity index (χ4n) is 2.29. The van der Waals surface area contributed by atoms with Crippen molar-refractivity contribution in [1.29, 1.82) is 0 Å². The second-order valence-electron chi connectivity index (χ2n) is 5.78. The topological polar surface area (TPSA) is 63.9 Å². The Balaban J connectivity index is 2.61. The molecule has 0 saturated carbocycles. The fraction of sp³-hybridized carbons (Fsp3) is 0.438. The summed E-state index contributed by atoms with van der Waals surface area (Å²) in [6.45, 7) is 8.57. The van der Waals surface area contributed by atoms with Crippen molar-refractivity contribution < 1.29 is 4.74 Å². The number of benzene rings is 1. The van der Waals surface area contributed by atoms with Crippen molar-refractivity contribution in [3.63, 3.8) is 0 Å². The molecule has 20 heavy (non-hydrogen) atoms. The lowest BCUT2D eigenvalue weighted by Crippen LogP contribution is -2.17. The molecule has 0 fully saturated rings. The van der Waals surface area contributed by atoms with E-state index in [2.05, 4.69) is 37.0 Å². The molecule has 2 aromatic rings. The molecule has 1 heterocycles. The highest BCUT2D eigenvalue weighted by Crippen LogP contribution is 2.38. The first-order valence-corrected chi connectivity index (χ1v) is 6.90. The first-order chi connectivity index (χ1) is 9.40. The Labute approximate surface area is 120 Å². The van der Waals surface area contributed by atoms with E-state index in [1.54, 1.807) is 7.11 Å². The molecule has 0 aliphatic carbocycles. The normalized spacial score (nSPS) is 11.7. The Hall–Kier alpha value is -1.97. The van der Waals surface area contributed by atoms with Crippen molar-refractivity contribution in [2.45, 2.75) is 39.5 Å². The van der Waals surface area contributed by atoms with Crippen LogP contribution in [0.15, 0.2) is 18.2 Å². The molecule has 0 aliphatic rings. The molecule has 0 radical (unpaired) electrons. The van der Waals surface area contributed by atoms with E-state index in [9.17, 15) is 0 Å². The highest BCUT2D eigenvalue weighted by atomic mass is 16.5. The summed E-state index contributed by atoms with van der Waals surface area (Å²) in [6.07, 6.45) is 1.00. The van der Waals surface area contributed by atoms with Crippen LogP contribution in [-0.4, -0.2) is 17.3 Å². The Morgan fingerprint density at radius 1 is 1.35 bits per heavy atom. The standard InChI is InChI=1S/C16H23N3O/c1-6-16(3,4)14-13(15(17)19-18-14)11-8-7-10(2)12(9-11)20-5/h7-9H,6H2,1-5H3,(H3,17,18,19). The van der Waals surface area contributed by atoms with Gasteiger partial charge in [0.25, 0.3) is 0 Å². The summed E-state index contributed by atoms with van der Waals surface area (Å²) in [5, 5.41) is 7.30. The zero-order chi connectivity index (χ0) is 14.9. The van der Waals surface area contributed by atoms with E-state index in [4.69, 9.17) is 10.5 Å². The number of anilines is 1. The van der Waals surface area contributed by atoms with Crippen molar-refractivity contribution in [2.75, 3.05) is 12.8 Å². The van der Waals surface area contributed by atoms with Gasteiger partial charge in [-0.1, -0.05) is 32.9 Å². The van der Waals surface area contributed by atoms with Crippen LogP contribution >= 0.6 is 0 Å². The predicted octanol–water partition coefficient (Wildman–Crippen LogP) is 3.66. The molecule has 0 spiro atoms. The van der Waals surface area contributed by atoms with Crippen LogP contribution in [0.5, 0.6) is 5.75 Å². The first kappa shape index (κ1) is 14.4. The van der Waals surface area contributed by atoms with Gasteiger partial charge in [-0.3, -0.25) is 5.10 Å². The third-order valence-electron chi connectivity index (χ3n) is 4.05. The maximum atomic E-state index is 6.07. The quantitative estimate of drug-likeness (QED) is 0.893. The minimum Gasteiger partial charge on any atom is -0.496 e. The minimum atomic E-state index is -0.00191. The molecule has 0 amide bonds. The second kappa shape index (κ2) is 5.19. The molecule has 1 aromatic carbocycles. The van der Waals surface area contributed by atoms with Gasteiger partial charge < -0.3 is 10.5 Å². The number of ether oxygens (including phenoxy) is 1. The molecule has 108 valence electrons. The van der Waals surface area contributed by atoms with Crippen LogP contribution < -0.4 is 10.5 Å². The van der Waals surface area contributed by atoms with Gasteiger partial charge in [0.15, 0.2) is 5.82 Å². The van der Waals surface area contributed by atoms with Gasteiger partial charge in [-0.15, -0.1) is 0 Å². The van der Waals surface area contributed by atoms with E-state index >= 15 is 0 Å². The van der Waals surface area contributed by atoms with E-state index in [0.717, 1.165) is 34.6 Å². The number of nitrogen functional groups attached to an aromatic ring is 1. The molecule has 0 saturated heterocycles. The molecular weight excluding hydrogens is 250 g/mol.